The summed E-state index contributed by atoms with van der Waals surface area (Å²) in [6, 6.07) is 22.0. The van der Waals surface area contributed by atoms with Crippen LogP contribution >= 0.6 is 0 Å². The predicted molar refractivity (Wildman–Crippen MR) is 161 cm³/mol. The molecule has 2 amide bonds. The van der Waals surface area contributed by atoms with E-state index in [4.69, 9.17) is 9.47 Å². The lowest BCUT2D eigenvalue weighted by molar-refractivity contribution is -0.140. The normalized spacial score (nSPS) is 12.6. The molecular formula is C31H39N3O6S. The lowest BCUT2D eigenvalue weighted by Gasteiger charge is -2.33. The van der Waals surface area contributed by atoms with Gasteiger partial charge in [-0.1, -0.05) is 44.2 Å². The van der Waals surface area contributed by atoms with E-state index in [1.807, 2.05) is 57.2 Å². The molecule has 0 aromatic heterocycles. The molecule has 0 aliphatic heterocycles. The van der Waals surface area contributed by atoms with Gasteiger partial charge in [-0.15, -0.1) is 0 Å². The van der Waals surface area contributed by atoms with Crippen molar-refractivity contribution in [1.82, 2.24) is 10.2 Å². The summed E-state index contributed by atoms with van der Waals surface area (Å²) in [5.74, 6) is 0.986. The van der Waals surface area contributed by atoms with Crippen LogP contribution in [0.4, 0.5) is 5.69 Å². The summed E-state index contributed by atoms with van der Waals surface area (Å²) >= 11 is 0. The first-order chi connectivity index (χ1) is 19.5. The highest BCUT2D eigenvalue weighted by Crippen LogP contribution is 2.26. The topological polar surface area (TPSA) is 105 Å². The van der Waals surface area contributed by atoms with Gasteiger partial charge in [0.2, 0.25) is 21.8 Å². The largest absolute Gasteiger partial charge is 0.497 e. The van der Waals surface area contributed by atoms with Crippen LogP contribution in [0.2, 0.25) is 0 Å². The van der Waals surface area contributed by atoms with Crippen LogP contribution < -0.4 is 19.1 Å². The molecule has 0 saturated heterocycles. The van der Waals surface area contributed by atoms with Gasteiger partial charge in [0.1, 0.15) is 29.8 Å². The summed E-state index contributed by atoms with van der Waals surface area (Å²) in [6.45, 7) is 5.31. The van der Waals surface area contributed by atoms with Crippen LogP contribution in [0.5, 0.6) is 17.2 Å². The van der Waals surface area contributed by atoms with Gasteiger partial charge < -0.3 is 19.7 Å². The first kappa shape index (κ1) is 31.5. The Kier molecular flexibility index (Phi) is 11.2. The molecule has 220 valence electrons. The molecule has 0 spiro atoms. The van der Waals surface area contributed by atoms with Gasteiger partial charge >= 0.3 is 0 Å². The smallest absolute Gasteiger partial charge is 0.244 e. The van der Waals surface area contributed by atoms with Crippen molar-refractivity contribution in [3.8, 4) is 17.2 Å². The summed E-state index contributed by atoms with van der Waals surface area (Å²) in [4.78, 5) is 28.6. The van der Waals surface area contributed by atoms with Crippen molar-refractivity contribution in [2.75, 3.05) is 24.2 Å². The maximum atomic E-state index is 13.9. The molecule has 0 heterocycles. The van der Waals surface area contributed by atoms with Crippen molar-refractivity contribution in [3.63, 3.8) is 0 Å². The van der Waals surface area contributed by atoms with Gasteiger partial charge in [-0.3, -0.25) is 13.9 Å². The molecule has 0 fully saturated rings. The minimum absolute atomic E-state index is 0.0746. The van der Waals surface area contributed by atoms with Gasteiger partial charge in [-0.2, -0.15) is 0 Å². The number of nitrogens with one attached hydrogen (secondary N) is 1. The number of anilines is 1. The van der Waals surface area contributed by atoms with Crippen LogP contribution in [0.3, 0.4) is 0 Å². The third-order valence-electron chi connectivity index (χ3n) is 6.66. The van der Waals surface area contributed by atoms with Crippen LogP contribution in [0.15, 0.2) is 78.9 Å². The van der Waals surface area contributed by atoms with Gasteiger partial charge in [0.15, 0.2) is 0 Å². The van der Waals surface area contributed by atoms with Crippen molar-refractivity contribution in [2.24, 2.45) is 0 Å². The summed E-state index contributed by atoms with van der Waals surface area (Å²) in [7, 11) is -2.30. The van der Waals surface area contributed by atoms with Crippen molar-refractivity contribution < 1.29 is 27.5 Å². The first-order valence-corrected chi connectivity index (χ1v) is 15.4. The first-order valence-electron chi connectivity index (χ1n) is 13.6. The van der Waals surface area contributed by atoms with Crippen LogP contribution in [0.1, 0.15) is 39.2 Å². The molecule has 1 N–H and O–H groups in total. The van der Waals surface area contributed by atoms with Gasteiger partial charge in [0, 0.05) is 12.6 Å². The van der Waals surface area contributed by atoms with Gasteiger partial charge in [0.25, 0.3) is 0 Å². The SMILES string of the molecule is CCC(C)NC(=O)C(CC)N(Cc1cccc(OC)c1)C(=O)CN(c1ccc(Oc2ccccc2)cc1)S(C)(=O)=O. The Labute approximate surface area is 243 Å². The second-order valence-corrected chi connectivity index (χ2v) is 11.7. The fourth-order valence-electron chi connectivity index (χ4n) is 4.25. The molecule has 3 aromatic rings. The molecule has 0 radical (unpaired) electrons. The Morgan fingerprint density at radius 1 is 0.878 bits per heavy atom. The Morgan fingerprint density at radius 2 is 1.51 bits per heavy atom. The number of methoxy groups -OCH3 is 1. The number of para-hydroxylation sites is 1. The summed E-state index contributed by atoms with van der Waals surface area (Å²) in [5.41, 5.74) is 1.06. The summed E-state index contributed by atoms with van der Waals surface area (Å²) in [6.07, 6.45) is 2.13. The second-order valence-electron chi connectivity index (χ2n) is 9.79. The second kappa shape index (κ2) is 14.5. The van der Waals surface area contributed by atoms with E-state index >= 15 is 0 Å². The Balaban J connectivity index is 1.91. The number of hydrogen-bond donors (Lipinski definition) is 1. The molecule has 0 bridgehead atoms. The molecule has 3 rings (SSSR count). The van der Waals surface area contributed by atoms with Crippen molar-refractivity contribution in [2.45, 2.75) is 52.2 Å². The van der Waals surface area contributed by atoms with Gasteiger partial charge in [-0.05, 0) is 73.9 Å². The van der Waals surface area contributed by atoms with E-state index in [-0.39, 0.29) is 18.5 Å². The van der Waals surface area contributed by atoms with Crippen LogP contribution in [-0.4, -0.2) is 57.1 Å². The third kappa shape index (κ3) is 8.97. The number of carbonyl (C=O) groups excluding carboxylic acids is 2. The Hall–Kier alpha value is -4.05. The zero-order valence-electron chi connectivity index (χ0n) is 24.2. The zero-order valence-corrected chi connectivity index (χ0v) is 25.1. The fraction of sp³-hybridized carbons (Fsp3) is 0.355. The highest BCUT2D eigenvalue weighted by molar-refractivity contribution is 7.92. The van der Waals surface area contributed by atoms with E-state index in [0.717, 1.165) is 22.5 Å². The standard InChI is InChI=1S/C31H39N3O6S/c1-6-23(3)32-31(36)29(7-2)33(21-24-12-11-15-28(20-24)39-4)30(35)22-34(41(5,37)38)25-16-18-27(19-17-25)40-26-13-9-8-10-14-26/h8-20,23,29H,6-7,21-22H2,1-5H3,(H,32,36). The van der Waals surface area contributed by atoms with Crippen LogP contribution in [-0.2, 0) is 26.2 Å². The number of sulfonamides is 1. The number of carbonyl (C=O) groups is 2. The number of amides is 2. The van der Waals surface area contributed by atoms with Crippen molar-refractivity contribution >= 4 is 27.5 Å². The van der Waals surface area contributed by atoms with Crippen LogP contribution in [0, 0.1) is 0 Å². The lowest BCUT2D eigenvalue weighted by atomic mass is 10.1. The third-order valence-corrected chi connectivity index (χ3v) is 7.80. The Morgan fingerprint density at radius 3 is 2.10 bits per heavy atom. The zero-order chi connectivity index (χ0) is 30.0. The molecule has 2 atom stereocenters. The number of ether oxygens (including phenoxy) is 2. The molecule has 9 nitrogen and oxygen atoms in total. The molecular weight excluding hydrogens is 542 g/mol. The fourth-order valence-corrected chi connectivity index (χ4v) is 5.10. The molecule has 0 aliphatic carbocycles. The van der Waals surface area contributed by atoms with Gasteiger partial charge in [0.05, 0.1) is 19.1 Å². The number of hydrogen-bond acceptors (Lipinski definition) is 6. The summed E-state index contributed by atoms with van der Waals surface area (Å²) in [5, 5.41) is 2.96. The molecule has 41 heavy (non-hydrogen) atoms. The molecule has 3 aromatic carbocycles. The molecule has 0 saturated carbocycles. The molecule has 10 heteroatoms. The molecule has 0 aliphatic rings. The number of nitrogens with zero attached hydrogens (tertiary/aromatic N) is 2. The number of rotatable bonds is 14. The highest BCUT2D eigenvalue weighted by Gasteiger charge is 2.32. The van der Waals surface area contributed by atoms with Gasteiger partial charge in [-0.25, -0.2) is 8.42 Å². The lowest BCUT2D eigenvalue weighted by Crippen LogP contribution is -2.53. The number of benzene rings is 3. The van der Waals surface area contributed by atoms with E-state index in [0.29, 0.717) is 29.4 Å². The van der Waals surface area contributed by atoms with E-state index < -0.39 is 28.5 Å². The Bertz CT molecular complexity index is 1400. The van der Waals surface area contributed by atoms with Crippen molar-refractivity contribution in [1.29, 1.82) is 0 Å². The van der Waals surface area contributed by atoms with E-state index in [1.54, 1.807) is 49.6 Å². The van der Waals surface area contributed by atoms with E-state index in [2.05, 4.69) is 5.32 Å². The van der Waals surface area contributed by atoms with Crippen molar-refractivity contribution in [3.05, 3.63) is 84.4 Å². The maximum absolute atomic E-state index is 13.9. The van der Waals surface area contributed by atoms with Crippen LogP contribution in [0.25, 0.3) is 0 Å². The average molecular weight is 582 g/mol. The van der Waals surface area contributed by atoms with E-state index in [1.165, 1.54) is 4.90 Å². The summed E-state index contributed by atoms with van der Waals surface area (Å²) < 4.78 is 38.0. The monoisotopic (exact) mass is 581 g/mol. The minimum atomic E-state index is -3.85. The average Bonchev–Trinajstić information content (AvgIpc) is 2.96. The minimum Gasteiger partial charge on any atom is -0.497 e. The quantitative estimate of drug-likeness (QED) is 0.288. The maximum Gasteiger partial charge on any atom is 0.244 e. The highest BCUT2D eigenvalue weighted by atomic mass is 32.2. The predicted octanol–water partition coefficient (Wildman–Crippen LogP) is 4.98. The molecule has 2 unspecified atom stereocenters. The van der Waals surface area contributed by atoms with E-state index in [9.17, 15) is 18.0 Å².